The number of aromatic nitrogens is 1. The quantitative estimate of drug-likeness (QED) is 0.863. The van der Waals surface area contributed by atoms with Gasteiger partial charge in [0.25, 0.3) is 5.91 Å². The summed E-state index contributed by atoms with van der Waals surface area (Å²) in [6.45, 7) is 3.03. The molecule has 0 spiro atoms. The van der Waals surface area contributed by atoms with Crippen LogP contribution in [0.3, 0.4) is 0 Å². The van der Waals surface area contributed by atoms with Crippen molar-refractivity contribution in [3.8, 4) is 0 Å². The number of pyridine rings is 1. The minimum absolute atomic E-state index is 0.275. The zero-order valence-electron chi connectivity index (χ0n) is 14.9. The molecular formula is C20H22F3N3O. The maximum Gasteiger partial charge on any atom is 0.417 e. The van der Waals surface area contributed by atoms with Gasteiger partial charge in [-0.3, -0.25) is 14.7 Å². The Bertz CT molecular complexity index is 757. The topological polar surface area (TPSA) is 45.2 Å². The second-order valence-corrected chi connectivity index (χ2v) is 6.83. The number of benzene rings is 1. The van der Waals surface area contributed by atoms with Crippen molar-refractivity contribution in [2.45, 2.75) is 25.6 Å². The molecule has 1 amide bonds. The van der Waals surface area contributed by atoms with E-state index < -0.39 is 17.6 Å². The standard InChI is InChI=1S/C20H22F3N3O/c21-20(22,23)18-6-2-1-5-17(18)19(27)25-13-15-7-10-26(11-8-15)14-16-4-3-9-24-12-16/h1-6,9,12,15H,7-8,10-11,13-14H2,(H,25,27). The highest BCUT2D eigenvalue weighted by molar-refractivity contribution is 5.95. The number of alkyl halides is 3. The van der Waals surface area contributed by atoms with Crippen molar-refractivity contribution in [2.24, 2.45) is 5.92 Å². The predicted octanol–water partition coefficient (Wildman–Crippen LogP) is 3.74. The lowest BCUT2D eigenvalue weighted by molar-refractivity contribution is -0.137. The van der Waals surface area contributed by atoms with E-state index in [-0.39, 0.29) is 11.5 Å². The highest BCUT2D eigenvalue weighted by Gasteiger charge is 2.34. The fraction of sp³-hybridized carbons (Fsp3) is 0.400. The van der Waals surface area contributed by atoms with Crippen LogP contribution in [0.4, 0.5) is 13.2 Å². The average molecular weight is 377 g/mol. The maximum atomic E-state index is 13.0. The van der Waals surface area contributed by atoms with Crippen molar-refractivity contribution in [2.75, 3.05) is 19.6 Å². The third kappa shape index (κ3) is 5.29. The van der Waals surface area contributed by atoms with E-state index >= 15 is 0 Å². The van der Waals surface area contributed by atoms with Crippen molar-refractivity contribution in [3.05, 3.63) is 65.5 Å². The molecule has 0 radical (unpaired) electrons. The smallest absolute Gasteiger partial charge is 0.352 e. The van der Waals surface area contributed by atoms with Crippen LogP contribution in [0.5, 0.6) is 0 Å². The minimum Gasteiger partial charge on any atom is -0.352 e. The summed E-state index contributed by atoms with van der Waals surface area (Å²) in [5.41, 5.74) is -0.0548. The van der Waals surface area contributed by atoms with Crippen LogP contribution in [0.25, 0.3) is 0 Å². The van der Waals surface area contributed by atoms with E-state index in [9.17, 15) is 18.0 Å². The largest absolute Gasteiger partial charge is 0.417 e. The molecule has 4 nitrogen and oxygen atoms in total. The lowest BCUT2D eigenvalue weighted by Gasteiger charge is -2.32. The molecule has 3 rings (SSSR count). The Labute approximate surface area is 156 Å². The zero-order chi connectivity index (χ0) is 19.3. The van der Waals surface area contributed by atoms with Gasteiger partial charge < -0.3 is 5.32 Å². The number of carbonyl (C=O) groups excluding carboxylic acids is 1. The van der Waals surface area contributed by atoms with Gasteiger partial charge in [0, 0.05) is 25.5 Å². The first-order valence-corrected chi connectivity index (χ1v) is 8.99. The molecule has 0 atom stereocenters. The SMILES string of the molecule is O=C(NCC1CCN(Cc2cccnc2)CC1)c1ccccc1C(F)(F)F. The summed E-state index contributed by atoms with van der Waals surface area (Å²) in [5.74, 6) is -0.391. The number of piperidine rings is 1. The van der Waals surface area contributed by atoms with Gasteiger partial charge in [0.05, 0.1) is 11.1 Å². The number of carbonyl (C=O) groups is 1. The van der Waals surface area contributed by atoms with E-state index in [2.05, 4.69) is 15.2 Å². The molecule has 0 unspecified atom stereocenters. The number of hydrogen-bond donors (Lipinski definition) is 1. The Morgan fingerprint density at radius 3 is 2.56 bits per heavy atom. The summed E-state index contributed by atoms with van der Waals surface area (Å²) in [6, 6.07) is 8.84. The number of rotatable bonds is 5. The maximum absolute atomic E-state index is 13.0. The van der Waals surface area contributed by atoms with E-state index in [1.165, 1.54) is 18.2 Å². The van der Waals surface area contributed by atoms with E-state index in [1.807, 2.05) is 18.3 Å². The number of halogens is 3. The van der Waals surface area contributed by atoms with Gasteiger partial charge in [-0.15, -0.1) is 0 Å². The molecule has 1 aromatic carbocycles. The zero-order valence-corrected chi connectivity index (χ0v) is 14.9. The number of amides is 1. The van der Waals surface area contributed by atoms with Crippen LogP contribution >= 0.6 is 0 Å². The molecule has 1 aliphatic rings. The van der Waals surface area contributed by atoms with E-state index in [0.717, 1.165) is 44.1 Å². The van der Waals surface area contributed by atoms with E-state index in [4.69, 9.17) is 0 Å². The molecule has 144 valence electrons. The minimum atomic E-state index is -4.54. The normalized spacial score (nSPS) is 16.3. The van der Waals surface area contributed by atoms with Gasteiger partial charge in [-0.1, -0.05) is 18.2 Å². The lowest BCUT2D eigenvalue weighted by Crippen LogP contribution is -2.38. The van der Waals surface area contributed by atoms with Crippen LogP contribution in [-0.4, -0.2) is 35.4 Å². The van der Waals surface area contributed by atoms with Gasteiger partial charge in [0.2, 0.25) is 0 Å². The molecule has 27 heavy (non-hydrogen) atoms. The fourth-order valence-corrected chi connectivity index (χ4v) is 3.36. The van der Waals surface area contributed by atoms with Crippen LogP contribution in [0, 0.1) is 5.92 Å². The molecule has 1 aromatic heterocycles. The molecule has 1 fully saturated rings. The highest BCUT2D eigenvalue weighted by Crippen LogP contribution is 2.31. The third-order valence-corrected chi connectivity index (χ3v) is 4.86. The lowest BCUT2D eigenvalue weighted by atomic mass is 9.96. The summed E-state index contributed by atoms with van der Waals surface area (Å²) < 4.78 is 39.1. The molecule has 1 saturated heterocycles. The summed E-state index contributed by atoms with van der Waals surface area (Å²) in [7, 11) is 0. The van der Waals surface area contributed by atoms with Crippen LogP contribution in [0.2, 0.25) is 0 Å². The van der Waals surface area contributed by atoms with E-state index in [0.29, 0.717) is 6.54 Å². The molecule has 0 saturated carbocycles. The van der Waals surface area contributed by atoms with Crippen molar-refractivity contribution < 1.29 is 18.0 Å². The molecule has 0 aliphatic carbocycles. The summed E-state index contributed by atoms with van der Waals surface area (Å²) in [6.07, 6.45) is 0.869. The number of likely N-dealkylation sites (tertiary alicyclic amines) is 1. The Balaban J connectivity index is 1.49. The third-order valence-electron chi connectivity index (χ3n) is 4.86. The van der Waals surface area contributed by atoms with Gasteiger partial charge in [-0.25, -0.2) is 0 Å². The molecule has 1 aliphatic heterocycles. The Morgan fingerprint density at radius 1 is 1.15 bits per heavy atom. The summed E-state index contributed by atoms with van der Waals surface area (Å²) in [5, 5.41) is 2.68. The molecule has 1 N–H and O–H groups in total. The second-order valence-electron chi connectivity index (χ2n) is 6.83. The first-order chi connectivity index (χ1) is 12.9. The first-order valence-electron chi connectivity index (χ1n) is 8.99. The molecule has 7 heteroatoms. The van der Waals surface area contributed by atoms with Gasteiger partial charge >= 0.3 is 6.18 Å². The first kappa shape index (κ1) is 19.4. The molecule has 2 aromatic rings. The Morgan fingerprint density at radius 2 is 1.89 bits per heavy atom. The van der Waals surface area contributed by atoms with Crippen molar-refractivity contribution in [1.82, 2.24) is 15.2 Å². The monoisotopic (exact) mass is 377 g/mol. The van der Waals surface area contributed by atoms with E-state index in [1.54, 1.807) is 6.20 Å². The van der Waals surface area contributed by atoms with Crippen LogP contribution < -0.4 is 5.32 Å². The number of nitrogens with zero attached hydrogens (tertiary/aromatic N) is 2. The fourth-order valence-electron chi connectivity index (χ4n) is 3.36. The van der Waals surface area contributed by atoms with Crippen LogP contribution in [0.1, 0.15) is 34.3 Å². The van der Waals surface area contributed by atoms with Crippen molar-refractivity contribution >= 4 is 5.91 Å². The van der Waals surface area contributed by atoms with Crippen molar-refractivity contribution in [1.29, 1.82) is 0 Å². The average Bonchev–Trinajstić information content (AvgIpc) is 2.67. The highest BCUT2D eigenvalue weighted by atomic mass is 19.4. The number of hydrogen-bond acceptors (Lipinski definition) is 3. The predicted molar refractivity (Wildman–Crippen MR) is 96.0 cm³/mol. The Hall–Kier alpha value is -2.41. The molecule has 2 heterocycles. The van der Waals surface area contributed by atoms with Crippen LogP contribution in [0.15, 0.2) is 48.8 Å². The van der Waals surface area contributed by atoms with Gasteiger partial charge in [0.1, 0.15) is 0 Å². The van der Waals surface area contributed by atoms with Crippen molar-refractivity contribution in [3.63, 3.8) is 0 Å². The van der Waals surface area contributed by atoms with Crippen LogP contribution in [-0.2, 0) is 12.7 Å². The Kier molecular flexibility index (Phi) is 6.11. The second kappa shape index (κ2) is 8.52. The van der Waals surface area contributed by atoms with Gasteiger partial charge in [0.15, 0.2) is 0 Å². The molecule has 0 bridgehead atoms. The van der Waals surface area contributed by atoms with Gasteiger partial charge in [-0.2, -0.15) is 13.2 Å². The summed E-state index contributed by atoms with van der Waals surface area (Å²) >= 11 is 0. The van der Waals surface area contributed by atoms with Gasteiger partial charge in [-0.05, 0) is 55.6 Å². The summed E-state index contributed by atoms with van der Waals surface area (Å²) in [4.78, 5) is 18.7. The molecular weight excluding hydrogens is 355 g/mol. The number of nitrogens with one attached hydrogen (secondary N) is 1.